The number of hydrogen-bond acceptors (Lipinski definition) is 4. The Morgan fingerprint density at radius 3 is 2.45 bits per heavy atom. The van der Waals surface area contributed by atoms with Crippen LogP contribution >= 0.6 is 0 Å². The molecule has 0 aromatic rings. The number of ether oxygens (including phenoxy) is 1. The quantitative estimate of drug-likeness (QED) is 0.667. The monoisotopic (exact) mass is 311 g/mol. The molecule has 0 aliphatic carbocycles. The number of piperidine rings is 1. The highest BCUT2D eigenvalue weighted by Crippen LogP contribution is 2.20. The molecule has 2 fully saturated rings. The highest BCUT2D eigenvalue weighted by molar-refractivity contribution is 5.81. The molecule has 2 heterocycles. The van der Waals surface area contributed by atoms with E-state index in [4.69, 9.17) is 4.74 Å². The smallest absolute Gasteiger partial charge is 0.228 e. The van der Waals surface area contributed by atoms with Crippen LogP contribution < -0.4 is 10.6 Å². The average Bonchev–Trinajstić information content (AvgIpc) is 2.44. The Labute approximate surface area is 132 Å². The summed E-state index contributed by atoms with van der Waals surface area (Å²) in [5.74, 6) is 0.589. The molecule has 0 spiro atoms. The molecule has 2 aliphatic heterocycles. The van der Waals surface area contributed by atoms with Crippen LogP contribution in [0.15, 0.2) is 0 Å². The van der Waals surface area contributed by atoms with Crippen LogP contribution in [0, 0.1) is 11.8 Å². The van der Waals surface area contributed by atoms with E-state index in [2.05, 4.69) is 10.6 Å². The molecule has 6 nitrogen and oxygen atoms in total. The van der Waals surface area contributed by atoms with Crippen molar-refractivity contribution in [3.63, 3.8) is 0 Å². The van der Waals surface area contributed by atoms with E-state index < -0.39 is 0 Å². The first kappa shape index (κ1) is 17.2. The molecule has 2 amide bonds. The summed E-state index contributed by atoms with van der Waals surface area (Å²) in [7, 11) is 0. The Morgan fingerprint density at radius 2 is 1.91 bits per heavy atom. The van der Waals surface area contributed by atoms with Crippen LogP contribution in [0.1, 0.15) is 33.1 Å². The first-order chi connectivity index (χ1) is 10.6. The summed E-state index contributed by atoms with van der Waals surface area (Å²) in [5.41, 5.74) is 0. The molecule has 0 aromatic carbocycles. The molecule has 2 saturated heterocycles. The van der Waals surface area contributed by atoms with Gasteiger partial charge in [-0.1, -0.05) is 0 Å². The fourth-order valence-electron chi connectivity index (χ4n) is 2.83. The van der Waals surface area contributed by atoms with Gasteiger partial charge in [0.25, 0.3) is 0 Å². The number of nitrogens with zero attached hydrogens (tertiary/aromatic N) is 1. The lowest BCUT2D eigenvalue weighted by molar-refractivity contribution is -0.140. The zero-order chi connectivity index (χ0) is 15.9. The van der Waals surface area contributed by atoms with Crippen molar-refractivity contribution < 1.29 is 14.3 Å². The van der Waals surface area contributed by atoms with Crippen molar-refractivity contribution in [2.75, 3.05) is 39.3 Å². The first-order valence-electron chi connectivity index (χ1n) is 8.46. The van der Waals surface area contributed by atoms with Gasteiger partial charge in [0.2, 0.25) is 11.8 Å². The average molecular weight is 311 g/mol. The Hall–Kier alpha value is -1.14. The van der Waals surface area contributed by atoms with Crippen LogP contribution in [0.2, 0.25) is 0 Å². The summed E-state index contributed by atoms with van der Waals surface area (Å²) in [6.45, 7) is 8.39. The Morgan fingerprint density at radius 1 is 1.23 bits per heavy atom. The summed E-state index contributed by atoms with van der Waals surface area (Å²) in [5, 5.41) is 6.11. The second-order valence-corrected chi connectivity index (χ2v) is 6.52. The molecule has 0 saturated carbocycles. The molecule has 0 bridgehead atoms. The molecule has 2 N–H and O–H groups in total. The topological polar surface area (TPSA) is 70.7 Å². The number of carbonyl (C=O) groups is 2. The fourth-order valence-corrected chi connectivity index (χ4v) is 2.83. The predicted molar refractivity (Wildman–Crippen MR) is 84.4 cm³/mol. The summed E-state index contributed by atoms with van der Waals surface area (Å²) in [4.78, 5) is 26.2. The third kappa shape index (κ3) is 4.95. The number of hydrogen-bond donors (Lipinski definition) is 2. The lowest BCUT2D eigenvalue weighted by Gasteiger charge is -2.36. The van der Waals surface area contributed by atoms with E-state index in [1.54, 1.807) is 0 Å². The lowest BCUT2D eigenvalue weighted by atomic mass is 9.93. The van der Waals surface area contributed by atoms with E-state index in [9.17, 15) is 9.59 Å². The van der Waals surface area contributed by atoms with E-state index in [0.717, 1.165) is 32.4 Å². The van der Waals surface area contributed by atoms with Gasteiger partial charge in [0.15, 0.2) is 0 Å². The Kier molecular flexibility index (Phi) is 6.64. The molecule has 0 aromatic heterocycles. The minimum atomic E-state index is 0.0505. The highest BCUT2D eigenvalue weighted by atomic mass is 16.5. The minimum absolute atomic E-state index is 0.0505. The second kappa shape index (κ2) is 8.48. The lowest BCUT2D eigenvalue weighted by Crippen LogP contribution is -2.54. The van der Waals surface area contributed by atoms with E-state index in [0.29, 0.717) is 26.2 Å². The molecule has 2 rings (SSSR count). The molecule has 22 heavy (non-hydrogen) atoms. The molecule has 2 aliphatic rings. The van der Waals surface area contributed by atoms with Crippen molar-refractivity contribution in [3.8, 4) is 0 Å². The first-order valence-corrected chi connectivity index (χ1v) is 8.46. The molecule has 0 unspecified atom stereocenters. The Balaban J connectivity index is 1.59. The molecule has 0 radical (unpaired) electrons. The number of nitrogens with one attached hydrogen (secondary N) is 2. The van der Waals surface area contributed by atoms with Crippen molar-refractivity contribution >= 4 is 11.8 Å². The number of rotatable bonds is 7. The van der Waals surface area contributed by atoms with Crippen molar-refractivity contribution in [1.82, 2.24) is 15.5 Å². The van der Waals surface area contributed by atoms with Crippen LogP contribution in [0.3, 0.4) is 0 Å². The van der Waals surface area contributed by atoms with Crippen molar-refractivity contribution in [1.29, 1.82) is 0 Å². The summed E-state index contributed by atoms with van der Waals surface area (Å²) < 4.78 is 5.45. The highest BCUT2D eigenvalue weighted by Gasteiger charge is 2.33. The van der Waals surface area contributed by atoms with E-state index in [-0.39, 0.29) is 29.8 Å². The van der Waals surface area contributed by atoms with Gasteiger partial charge in [-0.25, -0.2) is 0 Å². The normalized spacial score (nSPS) is 20.0. The standard InChI is InChI=1S/C16H29N3O3/c1-12(2)22-9-3-6-18-15(20)13-4-7-19(8-5-13)16(21)14-10-17-11-14/h12-14,17H,3-11H2,1-2H3,(H,18,20). The third-order valence-electron chi connectivity index (χ3n) is 4.38. The van der Waals surface area contributed by atoms with Gasteiger partial charge in [-0.05, 0) is 33.1 Å². The molecule has 126 valence electrons. The molecular weight excluding hydrogens is 282 g/mol. The van der Waals surface area contributed by atoms with Crippen LogP contribution in [-0.4, -0.2) is 62.1 Å². The van der Waals surface area contributed by atoms with Gasteiger partial charge in [-0.3, -0.25) is 9.59 Å². The fraction of sp³-hybridized carbons (Fsp3) is 0.875. The Bertz CT molecular complexity index is 375. The minimum Gasteiger partial charge on any atom is -0.379 e. The van der Waals surface area contributed by atoms with Gasteiger partial charge in [0.1, 0.15) is 0 Å². The van der Waals surface area contributed by atoms with Gasteiger partial charge < -0.3 is 20.3 Å². The number of amides is 2. The van der Waals surface area contributed by atoms with E-state index >= 15 is 0 Å². The maximum atomic E-state index is 12.1. The second-order valence-electron chi connectivity index (χ2n) is 6.52. The van der Waals surface area contributed by atoms with Gasteiger partial charge >= 0.3 is 0 Å². The van der Waals surface area contributed by atoms with Crippen molar-refractivity contribution in [2.45, 2.75) is 39.2 Å². The summed E-state index contributed by atoms with van der Waals surface area (Å²) in [6, 6.07) is 0. The van der Waals surface area contributed by atoms with Gasteiger partial charge in [-0.15, -0.1) is 0 Å². The van der Waals surface area contributed by atoms with Gasteiger partial charge in [-0.2, -0.15) is 0 Å². The van der Waals surface area contributed by atoms with Crippen LogP contribution in [0.5, 0.6) is 0 Å². The number of likely N-dealkylation sites (tertiary alicyclic amines) is 1. The van der Waals surface area contributed by atoms with Crippen molar-refractivity contribution in [2.24, 2.45) is 11.8 Å². The van der Waals surface area contributed by atoms with Gasteiger partial charge in [0, 0.05) is 45.2 Å². The van der Waals surface area contributed by atoms with Crippen molar-refractivity contribution in [3.05, 3.63) is 0 Å². The largest absolute Gasteiger partial charge is 0.379 e. The van der Waals surface area contributed by atoms with Crippen LogP contribution in [0.25, 0.3) is 0 Å². The van der Waals surface area contributed by atoms with Crippen LogP contribution in [0.4, 0.5) is 0 Å². The maximum absolute atomic E-state index is 12.1. The summed E-state index contributed by atoms with van der Waals surface area (Å²) in [6.07, 6.45) is 2.64. The zero-order valence-electron chi connectivity index (χ0n) is 13.8. The molecule has 0 atom stereocenters. The third-order valence-corrected chi connectivity index (χ3v) is 4.38. The van der Waals surface area contributed by atoms with Crippen LogP contribution in [-0.2, 0) is 14.3 Å². The molecular formula is C16H29N3O3. The van der Waals surface area contributed by atoms with E-state index in [1.807, 2.05) is 18.7 Å². The van der Waals surface area contributed by atoms with E-state index in [1.165, 1.54) is 0 Å². The number of carbonyl (C=O) groups excluding carboxylic acids is 2. The molecule has 6 heteroatoms. The predicted octanol–water partition coefficient (Wildman–Crippen LogP) is 0.376. The van der Waals surface area contributed by atoms with Gasteiger partial charge in [0.05, 0.1) is 12.0 Å². The summed E-state index contributed by atoms with van der Waals surface area (Å²) >= 11 is 0. The zero-order valence-corrected chi connectivity index (χ0v) is 13.8. The maximum Gasteiger partial charge on any atom is 0.228 e. The SMILES string of the molecule is CC(C)OCCCNC(=O)C1CCN(C(=O)C2CNC2)CC1.